The molecule has 0 radical (unpaired) electrons. The smallest absolute Gasteiger partial charge is 0.241 e. The SMILES string of the molecule is COc1cccc(C#N)c1NC(=O)[C@@H](N)C(C)(C)C. The second kappa shape index (κ2) is 5.72. The van der Waals surface area contributed by atoms with E-state index in [2.05, 4.69) is 5.32 Å². The van der Waals surface area contributed by atoms with Gasteiger partial charge in [-0.25, -0.2) is 0 Å². The van der Waals surface area contributed by atoms with Crippen molar-refractivity contribution in [3.63, 3.8) is 0 Å². The summed E-state index contributed by atoms with van der Waals surface area (Å²) in [5.74, 6) is 0.0991. The molecule has 102 valence electrons. The number of methoxy groups -OCH3 is 1. The van der Waals surface area contributed by atoms with E-state index in [4.69, 9.17) is 15.7 Å². The molecule has 0 aliphatic heterocycles. The van der Waals surface area contributed by atoms with Crippen molar-refractivity contribution in [3.05, 3.63) is 23.8 Å². The normalized spacial score (nSPS) is 12.4. The predicted octanol–water partition coefficient (Wildman–Crippen LogP) is 1.88. The summed E-state index contributed by atoms with van der Waals surface area (Å²) in [7, 11) is 1.48. The summed E-state index contributed by atoms with van der Waals surface area (Å²) in [6, 6.07) is 6.32. The van der Waals surface area contributed by atoms with Crippen molar-refractivity contribution in [2.45, 2.75) is 26.8 Å². The molecular weight excluding hydrogens is 242 g/mol. The van der Waals surface area contributed by atoms with Gasteiger partial charge in [0.25, 0.3) is 0 Å². The molecule has 19 heavy (non-hydrogen) atoms. The van der Waals surface area contributed by atoms with Crippen molar-refractivity contribution in [2.24, 2.45) is 11.1 Å². The van der Waals surface area contributed by atoms with E-state index in [9.17, 15) is 4.79 Å². The van der Waals surface area contributed by atoms with Crippen LogP contribution in [0, 0.1) is 16.7 Å². The monoisotopic (exact) mass is 261 g/mol. The topological polar surface area (TPSA) is 88.1 Å². The zero-order valence-corrected chi connectivity index (χ0v) is 11.7. The first-order valence-corrected chi connectivity index (χ1v) is 5.94. The van der Waals surface area contributed by atoms with Crippen LogP contribution in [0.5, 0.6) is 5.75 Å². The highest BCUT2D eigenvalue weighted by atomic mass is 16.5. The van der Waals surface area contributed by atoms with Gasteiger partial charge in [0.2, 0.25) is 5.91 Å². The maximum absolute atomic E-state index is 12.1. The van der Waals surface area contributed by atoms with Gasteiger partial charge in [-0.05, 0) is 17.5 Å². The fourth-order valence-corrected chi connectivity index (χ4v) is 1.52. The summed E-state index contributed by atoms with van der Waals surface area (Å²) < 4.78 is 5.15. The fraction of sp³-hybridized carbons (Fsp3) is 0.429. The summed E-state index contributed by atoms with van der Waals surface area (Å²) in [5.41, 5.74) is 6.23. The third kappa shape index (κ3) is 3.46. The van der Waals surface area contributed by atoms with E-state index in [1.54, 1.807) is 18.2 Å². The average molecular weight is 261 g/mol. The van der Waals surface area contributed by atoms with Crippen molar-refractivity contribution in [1.29, 1.82) is 5.26 Å². The molecule has 1 rings (SSSR count). The van der Waals surface area contributed by atoms with Crippen molar-refractivity contribution >= 4 is 11.6 Å². The van der Waals surface area contributed by atoms with E-state index in [1.807, 2.05) is 26.8 Å². The van der Waals surface area contributed by atoms with Crippen LogP contribution in [0.25, 0.3) is 0 Å². The molecule has 0 saturated carbocycles. The molecule has 1 atom stereocenters. The van der Waals surface area contributed by atoms with Crippen molar-refractivity contribution in [1.82, 2.24) is 0 Å². The summed E-state index contributed by atoms with van der Waals surface area (Å²) in [5, 5.41) is 11.7. The maximum atomic E-state index is 12.1. The Bertz CT molecular complexity index is 512. The maximum Gasteiger partial charge on any atom is 0.241 e. The number of ether oxygens (including phenoxy) is 1. The molecule has 0 aromatic heterocycles. The van der Waals surface area contributed by atoms with Crippen molar-refractivity contribution < 1.29 is 9.53 Å². The number of nitriles is 1. The van der Waals surface area contributed by atoms with Crippen LogP contribution in [0.4, 0.5) is 5.69 Å². The van der Waals surface area contributed by atoms with Gasteiger partial charge in [0.1, 0.15) is 17.5 Å². The summed E-state index contributed by atoms with van der Waals surface area (Å²) in [4.78, 5) is 12.1. The third-order valence-corrected chi connectivity index (χ3v) is 2.83. The van der Waals surface area contributed by atoms with Crippen molar-refractivity contribution in [3.8, 4) is 11.8 Å². The molecular formula is C14H19N3O2. The minimum absolute atomic E-state index is 0.339. The first kappa shape index (κ1) is 15.0. The van der Waals surface area contributed by atoms with Crippen LogP contribution >= 0.6 is 0 Å². The van der Waals surface area contributed by atoms with Gasteiger partial charge in [-0.1, -0.05) is 26.8 Å². The summed E-state index contributed by atoms with van der Waals surface area (Å²) in [6.07, 6.45) is 0. The number of carbonyl (C=O) groups excluding carboxylic acids is 1. The number of anilines is 1. The number of benzene rings is 1. The number of rotatable bonds is 3. The number of amides is 1. The fourth-order valence-electron chi connectivity index (χ4n) is 1.52. The van der Waals surface area contributed by atoms with E-state index in [0.717, 1.165) is 0 Å². The Morgan fingerprint density at radius 2 is 2.11 bits per heavy atom. The second-order valence-electron chi connectivity index (χ2n) is 5.33. The van der Waals surface area contributed by atoms with E-state index in [0.29, 0.717) is 17.0 Å². The largest absolute Gasteiger partial charge is 0.495 e. The lowest BCUT2D eigenvalue weighted by molar-refractivity contribution is -0.119. The van der Waals surface area contributed by atoms with Gasteiger partial charge >= 0.3 is 0 Å². The Labute approximate surface area is 113 Å². The van der Waals surface area contributed by atoms with Crippen LogP contribution < -0.4 is 15.8 Å². The summed E-state index contributed by atoms with van der Waals surface area (Å²) >= 11 is 0. The standard InChI is InChI=1S/C14H19N3O2/c1-14(2,3)12(16)13(18)17-11-9(8-15)6-5-7-10(11)19-4/h5-7,12H,16H2,1-4H3,(H,17,18)/t12-/m1/s1. The number of hydrogen-bond donors (Lipinski definition) is 2. The predicted molar refractivity (Wildman–Crippen MR) is 73.8 cm³/mol. The number of nitrogens with zero attached hydrogens (tertiary/aromatic N) is 1. The zero-order valence-electron chi connectivity index (χ0n) is 11.7. The van der Waals surface area contributed by atoms with Gasteiger partial charge in [0.15, 0.2) is 0 Å². The molecule has 1 aromatic rings. The summed E-state index contributed by atoms with van der Waals surface area (Å²) in [6.45, 7) is 5.64. The number of hydrogen-bond acceptors (Lipinski definition) is 4. The molecule has 3 N–H and O–H groups in total. The van der Waals surface area contributed by atoms with Crippen molar-refractivity contribution in [2.75, 3.05) is 12.4 Å². The first-order chi connectivity index (χ1) is 8.81. The van der Waals surface area contributed by atoms with Crippen LogP contribution in [-0.4, -0.2) is 19.1 Å². The molecule has 0 unspecified atom stereocenters. The molecule has 5 nitrogen and oxygen atoms in total. The van der Waals surface area contributed by atoms with Gasteiger partial charge in [0.05, 0.1) is 18.7 Å². The Morgan fingerprint density at radius 3 is 2.58 bits per heavy atom. The molecule has 0 heterocycles. The van der Waals surface area contributed by atoms with Gasteiger partial charge in [0, 0.05) is 0 Å². The number of nitrogens with one attached hydrogen (secondary N) is 1. The molecule has 5 heteroatoms. The number of nitrogens with two attached hydrogens (primary N) is 1. The molecule has 1 aromatic carbocycles. The Hall–Kier alpha value is -2.06. The highest BCUT2D eigenvalue weighted by Crippen LogP contribution is 2.29. The molecule has 1 amide bonds. The quantitative estimate of drug-likeness (QED) is 0.869. The molecule has 0 aliphatic carbocycles. The van der Waals surface area contributed by atoms with Crippen LogP contribution in [-0.2, 0) is 4.79 Å². The molecule has 0 saturated heterocycles. The van der Waals surface area contributed by atoms with Crippen LogP contribution in [0.15, 0.2) is 18.2 Å². The van der Waals surface area contributed by atoms with Gasteiger partial charge in [-0.3, -0.25) is 4.79 Å². The minimum atomic E-state index is -0.677. The van der Waals surface area contributed by atoms with Crippen LogP contribution in [0.2, 0.25) is 0 Å². The highest BCUT2D eigenvalue weighted by Gasteiger charge is 2.28. The molecule has 0 spiro atoms. The third-order valence-electron chi connectivity index (χ3n) is 2.83. The Balaban J connectivity index is 3.06. The lowest BCUT2D eigenvalue weighted by atomic mass is 9.87. The highest BCUT2D eigenvalue weighted by molar-refractivity contribution is 5.97. The number of para-hydroxylation sites is 1. The zero-order chi connectivity index (χ0) is 14.6. The first-order valence-electron chi connectivity index (χ1n) is 5.94. The average Bonchev–Trinajstić information content (AvgIpc) is 2.36. The molecule has 0 aliphatic rings. The second-order valence-corrected chi connectivity index (χ2v) is 5.33. The van der Waals surface area contributed by atoms with Crippen LogP contribution in [0.3, 0.4) is 0 Å². The molecule has 0 fully saturated rings. The molecule has 0 bridgehead atoms. The van der Waals surface area contributed by atoms with E-state index in [-0.39, 0.29) is 11.3 Å². The Kier molecular flexibility index (Phi) is 4.52. The van der Waals surface area contributed by atoms with Gasteiger partial charge in [-0.2, -0.15) is 5.26 Å². The van der Waals surface area contributed by atoms with Crippen LogP contribution in [0.1, 0.15) is 26.3 Å². The van der Waals surface area contributed by atoms with Gasteiger partial charge < -0.3 is 15.8 Å². The lowest BCUT2D eigenvalue weighted by Crippen LogP contribution is -2.45. The number of carbonyl (C=O) groups is 1. The van der Waals surface area contributed by atoms with E-state index in [1.165, 1.54) is 7.11 Å². The lowest BCUT2D eigenvalue weighted by Gasteiger charge is -2.26. The Morgan fingerprint density at radius 1 is 1.47 bits per heavy atom. The van der Waals surface area contributed by atoms with E-state index < -0.39 is 6.04 Å². The minimum Gasteiger partial charge on any atom is -0.495 e. The van der Waals surface area contributed by atoms with Gasteiger partial charge in [-0.15, -0.1) is 0 Å². The van der Waals surface area contributed by atoms with E-state index >= 15 is 0 Å².